The second kappa shape index (κ2) is 12.9. The molecule has 0 radical (unpaired) electrons. The average Bonchev–Trinajstić information content (AvgIpc) is 2.95. The number of hydrogen-bond acceptors (Lipinski definition) is 7. The molecule has 0 aliphatic carbocycles. The van der Waals surface area contributed by atoms with Crippen molar-refractivity contribution in [3.05, 3.63) is 60.4 Å². The standard InChI is InChI=1S/C27H27F5N6O4/c1-3-41-26(40)38-11-10-37(15-22(38)27(30,31)32)25(39)36-21-12-19(7-4-16(21)2)35-24-33-13-18(14-34-24)17-5-8-20(9-6-17)42-23(28)29/h4-9,12-14,22-23H,3,10-11,15H2,1-2H3,(H,36,39)(H,33,34,35). The fourth-order valence-electron chi connectivity index (χ4n) is 4.20. The van der Waals surface area contributed by atoms with Crippen molar-refractivity contribution in [2.45, 2.75) is 32.7 Å². The van der Waals surface area contributed by atoms with E-state index in [-0.39, 0.29) is 31.4 Å². The van der Waals surface area contributed by atoms with Crippen LogP contribution in [0, 0.1) is 6.92 Å². The number of carbonyl (C=O) groups is 2. The van der Waals surface area contributed by atoms with Crippen molar-refractivity contribution in [2.24, 2.45) is 0 Å². The number of aryl methyl sites for hydroxylation is 1. The maximum absolute atomic E-state index is 13.7. The highest BCUT2D eigenvalue weighted by molar-refractivity contribution is 5.91. The van der Waals surface area contributed by atoms with Crippen LogP contribution in [0.15, 0.2) is 54.9 Å². The fraction of sp³-hybridized carbons (Fsp3) is 0.333. The molecule has 1 aliphatic rings. The zero-order valence-corrected chi connectivity index (χ0v) is 22.5. The van der Waals surface area contributed by atoms with Crippen LogP contribution >= 0.6 is 0 Å². The third-order valence-electron chi connectivity index (χ3n) is 6.35. The molecule has 1 unspecified atom stereocenters. The summed E-state index contributed by atoms with van der Waals surface area (Å²) in [5, 5.41) is 5.63. The van der Waals surface area contributed by atoms with E-state index < -0.39 is 37.5 Å². The average molecular weight is 595 g/mol. The monoisotopic (exact) mass is 594 g/mol. The Morgan fingerprint density at radius 1 is 1.05 bits per heavy atom. The van der Waals surface area contributed by atoms with Gasteiger partial charge >= 0.3 is 24.9 Å². The molecule has 3 amide bonds. The van der Waals surface area contributed by atoms with Gasteiger partial charge in [-0.05, 0) is 49.2 Å². The molecule has 3 aromatic rings. The number of hydrogen-bond donors (Lipinski definition) is 2. The molecule has 2 aromatic carbocycles. The first-order valence-corrected chi connectivity index (χ1v) is 12.8. The molecule has 224 valence electrons. The molecule has 0 bridgehead atoms. The van der Waals surface area contributed by atoms with E-state index in [1.165, 1.54) is 31.5 Å². The molecular formula is C27H27F5N6O4. The van der Waals surface area contributed by atoms with Gasteiger partial charge < -0.3 is 25.0 Å². The first-order valence-electron chi connectivity index (χ1n) is 12.8. The number of carbonyl (C=O) groups excluding carboxylic acids is 2. The highest BCUT2D eigenvalue weighted by Crippen LogP contribution is 2.30. The van der Waals surface area contributed by atoms with Gasteiger partial charge in [0.25, 0.3) is 0 Å². The summed E-state index contributed by atoms with van der Waals surface area (Å²) in [6.07, 6.45) is -2.78. The lowest BCUT2D eigenvalue weighted by Gasteiger charge is -2.41. The molecule has 1 atom stereocenters. The van der Waals surface area contributed by atoms with E-state index in [2.05, 4.69) is 25.3 Å². The number of alkyl halides is 5. The SMILES string of the molecule is CCOC(=O)N1CCN(C(=O)Nc2cc(Nc3ncc(-c4ccc(OC(F)F)cc4)cn3)ccc2C)CC1C(F)(F)F. The smallest absolute Gasteiger partial charge is 0.410 e. The summed E-state index contributed by atoms with van der Waals surface area (Å²) in [7, 11) is 0. The van der Waals surface area contributed by atoms with Crippen molar-refractivity contribution < 1.29 is 41.0 Å². The Balaban J connectivity index is 1.41. The molecule has 0 saturated carbocycles. The normalized spacial score (nSPS) is 15.4. The molecule has 1 aliphatic heterocycles. The minimum absolute atomic E-state index is 0.0225. The van der Waals surface area contributed by atoms with E-state index in [4.69, 9.17) is 4.74 Å². The summed E-state index contributed by atoms with van der Waals surface area (Å²) < 4.78 is 74.9. The second-order valence-electron chi connectivity index (χ2n) is 9.18. The van der Waals surface area contributed by atoms with Crippen LogP contribution in [0.1, 0.15) is 12.5 Å². The van der Waals surface area contributed by atoms with Gasteiger partial charge in [0.05, 0.1) is 13.2 Å². The van der Waals surface area contributed by atoms with Gasteiger partial charge in [0.15, 0.2) is 0 Å². The second-order valence-corrected chi connectivity index (χ2v) is 9.18. The molecule has 2 N–H and O–H groups in total. The molecule has 15 heteroatoms. The molecule has 4 rings (SSSR count). The number of ether oxygens (including phenoxy) is 2. The summed E-state index contributed by atoms with van der Waals surface area (Å²) in [6.45, 7) is -0.968. The van der Waals surface area contributed by atoms with Crippen LogP contribution in [0.3, 0.4) is 0 Å². The van der Waals surface area contributed by atoms with E-state index >= 15 is 0 Å². The molecule has 1 fully saturated rings. The quantitative estimate of drug-likeness (QED) is 0.322. The molecule has 10 nitrogen and oxygen atoms in total. The minimum Gasteiger partial charge on any atom is -0.450 e. The number of benzene rings is 2. The first kappa shape index (κ1) is 30.3. The van der Waals surface area contributed by atoms with Gasteiger partial charge in [-0.3, -0.25) is 4.90 Å². The van der Waals surface area contributed by atoms with Crippen molar-refractivity contribution in [1.29, 1.82) is 0 Å². The number of piperazine rings is 1. The van der Waals surface area contributed by atoms with Gasteiger partial charge in [-0.2, -0.15) is 22.0 Å². The summed E-state index contributed by atoms with van der Waals surface area (Å²) in [5.41, 5.74) is 2.81. The van der Waals surface area contributed by atoms with Gasteiger partial charge in [-0.25, -0.2) is 19.6 Å². The van der Waals surface area contributed by atoms with Crippen LogP contribution in [-0.2, 0) is 4.74 Å². The summed E-state index contributed by atoms with van der Waals surface area (Å²) in [6, 6.07) is 8.03. The zero-order chi connectivity index (χ0) is 30.4. The third kappa shape index (κ3) is 7.53. The van der Waals surface area contributed by atoms with E-state index in [1.54, 1.807) is 37.3 Å². The van der Waals surface area contributed by atoms with Crippen LogP contribution in [-0.4, -0.2) is 77.0 Å². The first-order chi connectivity index (χ1) is 19.9. The summed E-state index contributed by atoms with van der Waals surface area (Å²) in [4.78, 5) is 35.1. The van der Waals surface area contributed by atoms with Crippen LogP contribution in [0.4, 0.5) is 48.9 Å². The molecule has 0 spiro atoms. The van der Waals surface area contributed by atoms with Crippen molar-refractivity contribution in [3.63, 3.8) is 0 Å². The Bertz CT molecular complexity index is 1390. The van der Waals surface area contributed by atoms with Gasteiger partial charge in [0, 0.05) is 42.4 Å². The van der Waals surface area contributed by atoms with Crippen LogP contribution in [0.5, 0.6) is 5.75 Å². The maximum Gasteiger partial charge on any atom is 0.410 e. The number of amides is 3. The number of rotatable bonds is 7. The Morgan fingerprint density at radius 2 is 1.74 bits per heavy atom. The zero-order valence-electron chi connectivity index (χ0n) is 22.5. The maximum atomic E-state index is 13.7. The van der Waals surface area contributed by atoms with E-state index in [0.29, 0.717) is 33.0 Å². The van der Waals surface area contributed by atoms with Crippen molar-refractivity contribution in [2.75, 3.05) is 36.9 Å². The summed E-state index contributed by atoms with van der Waals surface area (Å²) >= 11 is 0. The number of nitrogens with zero attached hydrogens (tertiary/aromatic N) is 4. The Kier molecular flexibility index (Phi) is 9.28. The lowest BCUT2D eigenvalue weighted by atomic mass is 10.1. The number of urea groups is 1. The largest absolute Gasteiger partial charge is 0.450 e. The van der Waals surface area contributed by atoms with Gasteiger partial charge in [0.2, 0.25) is 5.95 Å². The van der Waals surface area contributed by atoms with Gasteiger partial charge in [-0.15, -0.1) is 0 Å². The number of halogens is 5. The predicted octanol–water partition coefficient (Wildman–Crippen LogP) is 6.03. The Morgan fingerprint density at radius 3 is 2.36 bits per heavy atom. The van der Waals surface area contributed by atoms with Crippen LogP contribution < -0.4 is 15.4 Å². The van der Waals surface area contributed by atoms with Crippen LogP contribution in [0.25, 0.3) is 11.1 Å². The van der Waals surface area contributed by atoms with Gasteiger partial charge in [-0.1, -0.05) is 18.2 Å². The Labute approximate surface area is 237 Å². The highest BCUT2D eigenvalue weighted by atomic mass is 19.4. The topological polar surface area (TPSA) is 109 Å². The molecule has 1 saturated heterocycles. The molecule has 1 aromatic heterocycles. The third-order valence-corrected chi connectivity index (χ3v) is 6.35. The van der Waals surface area contributed by atoms with Crippen molar-refractivity contribution >= 4 is 29.4 Å². The predicted molar refractivity (Wildman–Crippen MR) is 143 cm³/mol. The minimum atomic E-state index is -4.76. The van der Waals surface area contributed by atoms with Crippen LogP contribution in [0.2, 0.25) is 0 Å². The van der Waals surface area contributed by atoms with Crippen molar-refractivity contribution in [3.8, 4) is 16.9 Å². The lowest BCUT2D eigenvalue weighted by Crippen LogP contribution is -2.62. The molecule has 2 heterocycles. The number of anilines is 3. The number of aromatic nitrogens is 2. The molecular weight excluding hydrogens is 567 g/mol. The summed E-state index contributed by atoms with van der Waals surface area (Å²) in [5.74, 6) is 0.245. The van der Waals surface area contributed by atoms with E-state index in [0.717, 1.165) is 4.90 Å². The Hall–Kier alpha value is -4.69. The number of nitrogens with one attached hydrogen (secondary N) is 2. The lowest BCUT2D eigenvalue weighted by molar-refractivity contribution is -0.188. The van der Waals surface area contributed by atoms with E-state index in [1.807, 2.05) is 0 Å². The highest BCUT2D eigenvalue weighted by Gasteiger charge is 2.49. The van der Waals surface area contributed by atoms with E-state index in [9.17, 15) is 31.5 Å². The van der Waals surface area contributed by atoms with Crippen molar-refractivity contribution in [1.82, 2.24) is 19.8 Å². The van der Waals surface area contributed by atoms with Gasteiger partial charge in [0.1, 0.15) is 11.8 Å². The molecule has 42 heavy (non-hydrogen) atoms. The fourth-order valence-corrected chi connectivity index (χ4v) is 4.20.